The molecule has 7 heteroatoms. The van der Waals surface area contributed by atoms with Crippen LogP contribution in [0.15, 0.2) is 21.9 Å². The highest BCUT2D eigenvalue weighted by atomic mass is 16.2. The molecule has 1 aliphatic carbocycles. The normalized spacial score (nSPS) is 22.7. The molecule has 3 rings (SSSR count). The van der Waals surface area contributed by atoms with Crippen molar-refractivity contribution in [3.63, 3.8) is 0 Å². The second-order valence-corrected chi connectivity index (χ2v) is 7.60. The molecule has 0 aromatic carbocycles. The summed E-state index contributed by atoms with van der Waals surface area (Å²) in [4.78, 5) is 39.8. The van der Waals surface area contributed by atoms with Gasteiger partial charge in [0.25, 0.3) is 5.56 Å². The lowest BCUT2D eigenvalue weighted by Crippen LogP contribution is -2.51. The number of carbonyl (C=O) groups is 1. The maximum atomic E-state index is 12.3. The third kappa shape index (κ3) is 5.30. The highest BCUT2D eigenvalue weighted by Crippen LogP contribution is 2.24. The number of aromatic nitrogens is 2. The van der Waals surface area contributed by atoms with Crippen molar-refractivity contribution in [2.75, 3.05) is 13.1 Å². The Morgan fingerprint density at radius 3 is 2.62 bits per heavy atom. The van der Waals surface area contributed by atoms with Gasteiger partial charge < -0.3 is 9.88 Å². The zero-order chi connectivity index (χ0) is 18.4. The van der Waals surface area contributed by atoms with Crippen LogP contribution in [0, 0.1) is 0 Å². The summed E-state index contributed by atoms with van der Waals surface area (Å²) in [6.45, 7) is 2.36. The average Bonchev–Trinajstić information content (AvgIpc) is 2.91. The van der Waals surface area contributed by atoms with Gasteiger partial charge in [0, 0.05) is 43.9 Å². The van der Waals surface area contributed by atoms with Crippen LogP contribution in [0.3, 0.4) is 0 Å². The fraction of sp³-hybridized carbons (Fsp3) is 0.737. The number of hydrogen-bond acceptors (Lipinski definition) is 4. The van der Waals surface area contributed by atoms with Gasteiger partial charge in [-0.3, -0.25) is 19.5 Å². The molecule has 1 saturated carbocycles. The Bertz CT molecular complexity index is 703. The van der Waals surface area contributed by atoms with Crippen molar-refractivity contribution in [2.45, 2.75) is 76.4 Å². The van der Waals surface area contributed by atoms with Crippen LogP contribution in [-0.2, 0) is 11.3 Å². The first-order valence-electron chi connectivity index (χ1n) is 9.95. The summed E-state index contributed by atoms with van der Waals surface area (Å²) in [6.07, 6.45) is 11.8. The van der Waals surface area contributed by atoms with E-state index in [-0.39, 0.29) is 24.9 Å². The van der Waals surface area contributed by atoms with E-state index in [0.717, 1.165) is 25.9 Å². The van der Waals surface area contributed by atoms with E-state index in [2.05, 4.69) is 15.2 Å². The smallest absolute Gasteiger partial charge is 0.328 e. The molecule has 2 aliphatic rings. The standard InChI is InChI=1S/C19H30N4O3/c24-17(9-12-22-13-10-18(25)21-19(22)26)20-15-6-5-11-23(14-15)16-7-3-1-2-4-8-16/h10,13,15-16H,1-9,11-12,14H2,(H,20,24)(H,21,25,26)/t15-/m1/s1. The number of nitrogens with one attached hydrogen (secondary N) is 2. The fourth-order valence-corrected chi connectivity index (χ4v) is 4.22. The molecule has 7 nitrogen and oxygen atoms in total. The Balaban J connectivity index is 1.47. The molecule has 2 fully saturated rings. The first kappa shape index (κ1) is 18.9. The number of carbonyl (C=O) groups excluding carboxylic acids is 1. The van der Waals surface area contributed by atoms with E-state index in [9.17, 15) is 14.4 Å². The number of rotatable bonds is 5. The minimum Gasteiger partial charge on any atom is -0.352 e. The minimum absolute atomic E-state index is 0.0317. The molecule has 2 N–H and O–H groups in total. The third-order valence-corrected chi connectivity index (χ3v) is 5.64. The first-order valence-corrected chi connectivity index (χ1v) is 9.95. The van der Waals surface area contributed by atoms with Gasteiger partial charge in [-0.05, 0) is 32.2 Å². The van der Waals surface area contributed by atoms with Crippen LogP contribution in [-0.4, -0.2) is 45.5 Å². The van der Waals surface area contributed by atoms with Crippen molar-refractivity contribution in [2.24, 2.45) is 0 Å². The summed E-state index contributed by atoms with van der Waals surface area (Å²) in [7, 11) is 0. The van der Waals surface area contributed by atoms with Crippen molar-refractivity contribution < 1.29 is 4.79 Å². The van der Waals surface area contributed by atoms with E-state index >= 15 is 0 Å². The van der Waals surface area contributed by atoms with Gasteiger partial charge in [-0.25, -0.2) is 4.79 Å². The third-order valence-electron chi connectivity index (χ3n) is 5.64. The van der Waals surface area contributed by atoms with Crippen LogP contribution in [0.25, 0.3) is 0 Å². The lowest BCUT2D eigenvalue weighted by molar-refractivity contribution is -0.122. The van der Waals surface area contributed by atoms with Gasteiger partial charge in [0.05, 0.1) is 0 Å². The maximum absolute atomic E-state index is 12.3. The highest BCUT2D eigenvalue weighted by molar-refractivity contribution is 5.76. The molecule has 0 unspecified atom stereocenters. The Hall–Kier alpha value is -1.89. The number of hydrogen-bond donors (Lipinski definition) is 2. The van der Waals surface area contributed by atoms with Gasteiger partial charge in [0.2, 0.25) is 5.91 Å². The van der Waals surface area contributed by atoms with Crippen molar-refractivity contribution in [1.29, 1.82) is 0 Å². The summed E-state index contributed by atoms with van der Waals surface area (Å²) in [6, 6.07) is 2.18. The summed E-state index contributed by atoms with van der Waals surface area (Å²) in [5, 5.41) is 3.14. The van der Waals surface area contributed by atoms with Gasteiger partial charge in [-0.1, -0.05) is 25.7 Å². The summed E-state index contributed by atoms with van der Waals surface area (Å²) in [5.41, 5.74) is -0.890. The number of H-pyrrole nitrogens is 1. The molecular formula is C19H30N4O3. The number of nitrogens with zero attached hydrogens (tertiary/aromatic N) is 2. The summed E-state index contributed by atoms with van der Waals surface area (Å²) < 4.78 is 1.36. The lowest BCUT2D eigenvalue weighted by atomic mass is 10.00. The van der Waals surface area contributed by atoms with Gasteiger partial charge in [-0.15, -0.1) is 0 Å². The second-order valence-electron chi connectivity index (χ2n) is 7.60. The summed E-state index contributed by atoms with van der Waals surface area (Å²) >= 11 is 0. The van der Waals surface area contributed by atoms with Crippen molar-refractivity contribution >= 4 is 5.91 Å². The highest BCUT2D eigenvalue weighted by Gasteiger charge is 2.27. The van der Waals surface area contributed by atoms with E-state index in [1.54, 1.807) is 0 Å². The van der Waals surface area contributed by atoms with Gasteiger partial charge in [0.15, 0.2) is 0 Å². The number of aryl methyl sites for hydroxylation is 1. The largest absolute Gasteiger partial charge is 0.352 e. The SMILES string of the molecule is O=C(CCn1ccc(=O)[nH]c1=O)N[C@@H]1CCCN(C2CCCCCC2)C1. The zero-order valence-electron chi connectivity index (χ0n) is 15.4. The van der Waals surface area contributed by atoms with Crippen LogP contribution >= 0.6 is 0 Å². The average molecular weight is 362 g/mol. The van der Waals surface area contributed by atoms with E-state index in [0.29, 0.717) is 6.04 Å². The van der Waals surface area contributed by atoms with E-state index in [1.165, 1.54) is 55.4 Å². The molecule has 26 heavy (non-hydrogen) atoms. The molecule has 0 bridgehead atoms. The van der Waals surface area contributed by atoms with Crippen molar-refractivity contribution in [3.05, 3.63) is 33.1 Å². The Labute approximate surface area is 153 Å². The number of aromatic amines is 1. The number of amides is 1. The molecule has 1 amide bonds. The molecule has 1 saturated heterocycles. The number of piperidine rings is 1. The minimum atomic E-state index is -0.470. The predicted octanol–water partition coefficient (Wildman–Crippen LogP) is 1.23. The molecule has 1 aliphatic heterocycles. The van der Waals surface area contributed by atoms with Gasteiger partial charge >= 0.3 is 5.69 Å². The lowest BCUT2D eigenvalue weighted by Gasteiger charge is -2.38. The van der Waals surface area contributed by atoms with E-state index < -0.39 is 11.2 Å². The molecule has 1 aromatic rings. The van der Waals surface area contributed by atoms with Crippen LogP contribution in [0.4, 0.5) is 0 Å². The van der Waals surface area contributed by atoms with Crippen LogP contribution in [0.2, 0.25) is 0 Å². The fourth-order valence-electron chi connectivity index (χ4n) is 4.22. The topological polar surface area (TPSA) is 87.2 Å². The Kier molecular flexibility index (Phi) is 6.66. The summed E-state index contributed by atoms with van der Waals surface area (Å²) in [5.74, 6) is -0.0317. The zero-order valence-corrected chi connectivity index (χ0v) is 15.4. The molecule has 0 spiro atoms. The predicted molar refractivity (Wildman–Crippen MR) is 100 cm³/mol. The van der Waals surface area contributed by atoms with Crippen molar-refractivity contribution in [1.82, 2.24) is 19.8 Å². The van der Waals surface area contributed by atoms with Crippen LogP contribution in [0.5, 0.6) is 0 Å². The molecule has 1 aromatic heterocycles. The molecule has 144 valence electrons. The second kappa shape index (κ2) is 9.16. The van der Waals surface area contributed by atoms with Gasteiger partial charge in [0.1, 0.15) is 0 Å². The molecule has 1 atom stereocenters. The van der Waals surface area contributed by atoms with Crippen LogP contribution < -0.4 is 16.6 Å². The maximum Gasteiger partial charge on any atom is 0.328 e. The first-order chi connectivity index (χ1) is 12.6. The molecule has 2 heterocycles. The number of likely N-dealkylation sites (tertiary alicyclic amines) is 1. The van der Waals surface area contributed by atoms with E-state index in [4.69, 9.17) is 0 Å². The molecular weight excluding hydrogens is 332 g/mol. The van der Waals surface area contributed by atoms with Crippen molar-refractivity contribution in [3.8, 4) is 0 Å². The van der Waals surface area contributed by atoms with E-state index in [1.807, 2.05) is 0 Å². The Morgan fingerprint density at radius 2 is 1.88 bits per heavy atom. The Morgan fingerprint density at radius 1 is 1.12 bits per heavy atom. The molecule has 0 radical (unpaired) electrons. The van der Waals surface area contributed by atoms with Crippen LogP contribution in [0.1, 0.15) is 57.8 Å². The quantitative estimate of drug-likeness (QED) is 0.772. The van der Waals surface area contributed by atoms with Gasteiger partial charge in [-0.2, -0.15) is 0 Å². The monoisotopic (exact) mass is 362 g/mol.